The molecule has 0 spiro atoms. The second kappa shape index (κ2) is 9.46. The molecule has 0 bridgehead atoms. The lowest BCUT2D eigenvalue weighted by Crippen LogP contribution is -2.48. The van der Waals surface area contributed by atoms with Gasteiger partial charge in [0, 0.05) is 49.9 Å². The Morgan fingerprint density at radius 2 is 1.67 bits per heavy atom. The predicted molar refractivity (Wildman–Crippen MR) is 101 cm³/mol. The molecule has 3 rings (SSSR count). The van der Waals surface area contributed by atoms with E-state index in [1.165, 1.54) is 30.3 Å². The molecule has 0 unspecified atom stereocenters. The molecule has 0 aliphatic carbocycles. The van der Waals surface area contributed by atoms with Crippen LogP contribution in [0.2, 0.25) is 5.02 Å². The molecule has 1 aliphatic heterocycles. The summed E-state index contributed by atoms with van der Waals surface area (Å²) in [6.07, 6.45) is -0.636. The first-order valence-corrected chi connectivity index (χ1v) is 9.33. The van der Waals surface area contributed by atoms with Crippen LogP contribution in [0.15, 0.2) is 42.5 Å². The van der Waals surface area contributed by atoms with Crippen molar-refractivity contribution in [3.8, 4) is 5.75 Å². The largest absolute Gasteiger partial charge is 0.491 e. The van der Waals surface area contributed by atoms with Gasteiger partial charge in [-0.05, 0) is 36.4 Å². The topological polar surface area (TPSA) is 35.9 Å². The number of aliphatic hydroxyl groups is 1. The van der Waals surface area contributed by atoms with E-state index in [0.29, 0.717) is 29.4 Å². The minimum atomic E-state index is -0.636. The van der Waals surface area contributed by atoms with Crippen molar-refractivity contribution >= 4 is 11.6 Å². The van der Waals surface area contributed by atoms with Gasteiger partial charge in [-0.15, -0.1) is 0 Å². The van der Waals surface area contributed by atoms with Crippen LogP contribution in [-0.2, 0) is 6.54 Å². The number of nitrogens with zero attached hydrogens (tertiary/aromatic N) is 2. The van der Waals surface area contributed by atoms with Crippen molar-refractivity contribution in [1.29, 1.82) is 0 Å². The Hall–Kier alpha value is -1.73. The van der Waals surface area contributed by atoms with Gasteiger partial charge in [0.2, 0.25) is 0 Å². The molecule has 146 valence electrons. The highest BCUT2D eigenvalue weighted by Gasteiger charge is 2.21. The molecule has 1 heterocycles. The van der Waals surface area contributed by atoms with Gasteiger partial charge in [0.1, 0.15) is 30.1 Å². The van der Waals surface area contributed by atoms with Gasteiger partial charge in [0.05, 0.1) is 0 Å². The number of aliphatic hydroxyl groups excluding tert-OH is 1. The maximum absolute atomic E-state index is 13.9. The molecule has 1 fully saturated rings. The molecular formula is C20H23ClF2N2O2. The Kier molecular flexibility index (Phi) is 7.01. The normalized spacial score (nSPS) is 17.0. The number of hydrogen-bond acceptors (Lipinski definition) is 4. The van der Waals surface area contributed by atoms with Crippen molar-refractivity contribution in [1.82, 2.24) is 9.80 Å². The van der Waals surface area contributed by atoms with Gasteiger partial charge in [0.25, 0.3) is 0 Å². The summed E-state index contributed by atoms with van der Waals surface area (Å²) in [7, 11) is 0. The van der Waals surface area contributed by atoms with Crippen LogP contribution in [0.25, 0.3) is 0 Å². The third kappa shape index (κ3) is 5.87. The van der Waals surface area contributed by atoms with Crippen molar-refractivity contribution in [3.63, 3.8) is 0 Å². The summed E-state index contributed by atoms with van der Waals surface area (Å²) in [5, 5.41) is 10.6. The van der Waals surface area contributed by atoms with E-state index in [2.05, 4.69) is 9.80 Å². The molecule has 7 heteroatoms. The maximum Gasteiger partial charge on any atom is 0.129 e. The lowest BCUT2D eigenvalue weighted by molar-refractivity contribution is 0.0444. The van der Waals surface area contributed by atoms with Gasteiger partial charge in [-0.25, -0.2) is 8.78 Å². The van der Waals surface area contributed by atoms with Crippen LogP contribution in [0.3, 0.4) is 0 Å². The van der Waals surface area contributed by atoms with Crippen molar-refractivity contribution in [2.75, 3.05) is 39.3 Å². The number of halogens is 3. The van der Waals surface area contributed by atoms with E-state index in [-0.39, 0.29) is 18.2 Å². The average molecular weight is 397 g/mol. The van der Waals surface area contributed by atoms with E-state index < -0.39 is 6.10 Å². The lowest BCUT2D eigenvalue weighted by Gasteiger charge is -2.35. The van der Waals surface area contributed by atoms with E-state index in [0.717, 1.165) is 26.2 Å². The van der Waals surface area contributed by atoms with Crippen molar-refractivity contribution in [2.24, 2.45) is 0 Å². The molecule has 0 aromatic heterocycles. The zero-order chi connectivity index (χ0) is 19.2. The van der Waals surface area contributed by atoms with Crippen molar-refractivity contribution < 1.29 is 18.6 Å². The van der Waals surface area contributed by atoms with Crippen LogP contribution in [-0.4, -0.2) is 60.3 Å². The Morgan fingerprint density at radius 1 is 1.00 bits per heavy atom. The minimum absolute atomic E-state index is 0.149. The van der Waals surface area contributed by atoms with Gasteiger partial charge in [-0.3, -0.25) is 9.80 Å². The van der Waals surface area contributed by atoms with Gasteiger partial charge in [-0.1, -0.05) is 17.7 Å². The number of ether oxygens (including phenoxy) is 1. The highest BCUT2D eigenvalue weighted by molar-refractivity contribution is 6.31. The van der Waals surface area contributed by atoms with Crippen LogP contribution in [0.4, 0.5) is 8.78 Å². The molecule has 1 saturated heterocycles. The standard InChI is InChI=1S/C20H23ClF2N2O2/c21-19-2-1-3-20(23)18(19)13-25-10-8-24(9-11-25)12-16(26)14-27-17-6-4-15(22)5-7-17/h1-7,16,26H,8-14H2/t16-/m1/s1. The SMILES string of the molecule is O[C@@H](COc1ccc(F)cc1)CN1CCN(Cc2c(F)cccc2Cl)CC1. The summed E-state index contributed by atoms with van der Waals surface area (Å²) < 4.78 is 32.3. The fourth-order valence-electron chi connectivity index (χ4n) is 3.11. The van der Waals surface area contributed by atoms with Crippen molar-refractivity contribution in [3.05, 3.63) is 64.7 Å². The first-order valence-electron chi connectivity index (χ1n) is 8.95. The van der Waals surface area contributed by atoms with Crippen LogP contribution in [0.1, 0.15) is 5.56 Å². The molecule has 0 saturated carbocycles. The Balaban J connectivity index is 1.40. The monoisotopic (exact) mass is 396 g/mol. The summed E-state index contributed by atoms with van der Waals surface area (Å²) >= 11 is 6.10. The molecule has 1 atom stereocenters. The van der Waals surface area contributed by atoms with Gasteiger partial charge < -0.3 is 9.84 Å². The number of hydrogen-bond donors (Lipinski definition) is 1. The number of benzene rings is 2. The lowest BCUT2D eigenvalue weighted by atomic mass is 10.1. The zero-order valence-corrected chi connectivity index (χ0v) is 15.7. The van der Waals surface area contributed by atoms with Gasteiger partial charge in [0.15, 0.2) is 0 Å². The zero-order valence-electron chi connectivity index (χ0n) is 15.0. The number of rotatable bonds is 7. The first-order chi connectivity index (χ1) is 13.0. The average Bonchev–Trinajstić information content (AvgIpc) is 2.66. The van der Waals surface area contributed by atoms with Gasteiger partial charge in [-0.2, -0.15) is 0 Å². The summed E-state index contributed by atoms with van der Waals surface area (Å²) in [5.41, 5.74) is 0.528. The van der Waals surface area contributed by atoms with E-state index in [9.17, 15) is 13.9 Å². The molecule has 27 heavy (non-hydrogen) atoms. The van der Waals surface area contributed by atoms with Crippen LogP contribution in [0, 0.1) is 11.6 Å². The van der Waals surface area contributed by atoms with Gasteiger partial charge >= 0.3 is 0 Å². The minimum Gasteiger partial charge on any atom is -0.491 e. The Labute approximate surface area is 162 Å². The van der Waals surface area contributed by atoms with Crippen LogP contribution >= 0.6 is 11.6 Å². The third-order valence-electron chi connectivity index (χ3n) is 4.63. The number of β-amino-alcohol motifs (C(OH)–C–C–N with tert-alkyl or cyclic N) is 1. The van der Waals surface area contributed by atoms with E-state index in [1.807, 2.05) is 0 Å². The molecule has 2 aromatic carbocycles. The molecule has 2 aromatic rings. The smallest absolute Gasteiger partial charge is 0.129 e. The predicted octanol–water partition coefficient (Wildman–Crippen LogP) is 3.18. The fourth-order valence-corrected chi connectivity index (χ4v) is 3.33. The van der Waals surface area contributed by atoms with Crippen LogP contribution < -0.4 is 4.74 Å². The second-order valence-electron chi connectivity index (χ2n) is 6.70. The van der Waals surface area contributed by atoms with Crippen LogP contribution in [0.5, 0.6) is 5.75 Å². The summed E-state index contributed by atoms with van der Waals surface area (Å²) in [5.74, 6) is -0.0715. The fraction of sp³-hybridized carbons (Fsp3) is 0.400. The van der Waals surface area contributed by atoms with Crippen molar-refractivity contribution in [2.45, 2.75) is 12.6 Å². The first kappa shape index (κ1) is 20.0. The van der Waals surface area contributed by atoms with E-state index in [4.69, 9.17) is 16.3 Å². The summed E-state index contributed by atoms with van der Waals surface area (Å²) in [6, 6.07) is 10.5. The molecular weight excluding hydrogens is 374 g/mol. The Bertz CT molecular complexity index is 717. The quantitative estimate of drug-likeness (QED) is 0.779. The molecule has 4 nitrogen and oxygen atoms in total. The molecule has 1 aliphatic rings. The molecule has 0 radical (unpaired) electrons. The van der Waals surface area contributed by atoms with E-state index >= 15 is 0 Å². The van der Waals surface area contributed by atoms with E-state index in [1.54, 1.807) is 12.1 Å². The summed E-state index contributed by atoms with van der Waals surface area (Å²) in [4.78, 5) is 4.31. The maximum atomic E-state index is 13.9. The third-order valence-corrected chi connectivity index (χ3v) is 4.99. The summed E-state index contributed by atoms with van der Waals surface area (Å²) in [6.45, 7) is 4.23. The Morgan fingerprint density at radius 3 is 2.33 bits per heavy atom. The highest BCUT2D eigenvalue weighted by Crippen LogP contribution is 2.21. The molecule has 0 amide bonds. The highest BCUT2D eigenvalue weighted by atomic mass is 35.5. The second-order valence-corrected chi connectivity index (χ2v) is 7.10. The molecule has 1 N–H and O–H groups in total. The number of piperazine rings is 1.